The monoisotopic (exact) mass is 360 g/mol. The summed E-state index contributed by atoms with van der Waals surface area (Å²) in [5, 5.41) is 0.835. The first-order valence-corrected chi connectivity index (χ1v) is 6.94. The molecule has 0 bridgehead atoms. The Kier molecular flexibility index (Phi) is 4.61. The van der Waals surface area contributed by atoms with Crippen LogP contribution in [-0.2, 0) is 6.42 Å². The summed E-state index contributed by atoms with van der Waals surface area (Å²) < 4.78 is 13.7. The lowest BCUT2D eigenvalue weighted by Gasteiger charge is -2.04. The predicted molar refractivity (Wildman–Crippen MR) is 78.6 cm³/mol. The van der Waals surface area contributed by atoms with Gasteiger partial charge in [0.15, 0.2) is 5.78 Å². The quantitative estimate of drug-likeness (QED) is 0.676. The zero-order chi connectivity index (χ0) is 14.0. The van der Waals surface area contributed by atoms with Gasteiger partial charge in [-0.3, -0.25) is 4.79 Å². The normalized spacial score (nSPS) is 10.5. The lowest BCUT2D eigenvalue weighted by atomic mass is 10.0. The molecule has 0 amide bonds. The van der Waals surface area contributed by atoms with Crippen molar-refractivity contribution < 1.29 is 9.18 Å². The lowest BCUT2D eigenvalue weighted by molar-refractivity contribution is 0.0992. The van der Waals surface area contributed by atoms with Gasteiger partial charge in [-0.2, -0.15) is 0 Å². The molecule has 0 N–H and O–H groups in total. The number of ketones is 1. The maximum atomic E-state index is 13.4. The molecule has 0 spiro atoms. The molecule has 0 aliphatic rings. The molecular formula is C14H8BrCl2FO. The first-order valence-electron chi connectivity index (χ1n) is 5.39. The first kappa shape index (κ1) is 14.5. The molecule has 0 radical (unpaired) electrons. The Morgan fingerprint density at radius 2 is 1.84 bits per heavy atom. The zero-order valence-electron chi connectivity index (χ0n) is 9.59. The van der Waals surface area contributed by atoms with Crippen molar-refractivity contribution in [2.45, 2.75) is 6.42 Å². The van der Waals surface area contributed by atoms with Gasteiger partial charge in [-0.25, -0.2) is 4.39 Å². The van der Waals surface area contributed by atoms with E-state index < -0.39 is 5.82 Å². The summed E-state index contributed by atoms with van der Waals surface area (Å²) in [6, 6.07) is 9.29. The zero-order valence-corrected chi connectivity index (χ0v) is 12.7. The molecule has 0 aliphatic heterocycles. The van der Waals surface area contributed by atoms with Crippen LogP contribution < -0.4 is 0 Å². The van der Waals surface area contributed by atoms with E-state index >= 15 is 0 Å². The molecule has 0 aromatic heterocycles. The molecule has 0 atom stereocenters. The molecule has 0 aliphatic carbocycles. The molecule has 98 valence electrons. The highest BCUT2D eigenvalue weighted by Gasteiger charge is 2.10. The van der Waals surface area contributed by atoms with Gasteiger partial charge in [0.25, 0.3) is 0 Å². The van der Waals surface area contributed by atoms with E-state index in [9.17, 15) is 9.18 Å². The summed E-state index contributed by atoms with van der Waals surface area (Å²) in [4.78, 5) is 12.0. The predicted octanol–water partition coefficient (Wildman–Crippen LogP) is 5.32. The number of Topliss-reactive ketones (excluding diaryl/α,β-unsaturated/α-hetero) is 1. The summed E-state index contributed by atoms with van der Waals surface area (Å²) in [5.41, 5.74) is 1.06. The van der Waals surface area contributed by atoms with E-state index in [1.807, 2.05) is 0 Å². The van der Waals surface area contributed by atoms with Crippen molar-refractivity contribution in [1.29, 1.82) is 0 Å². The van der Waals surface area contributed by atoms with Gasteiger partial charge in [0.05, 0.1) is 14.5 Å². The van der Waals surface area contributed by atoms with Crippen LogP contribution in [0, 0.1) is 5.82 Å². The molecule has 5 heteroatoms. The topological polar surface area (TPSA) is 17.1 Å². The molecule has 0 unspecified atom stereocenters. The van der Waals surface area contributed by atoms with Crippen LogP contribution in [0.3, 0.4) is 0 Å². The van der Waals surface area contributed by atoms with Gasteiger partial charge in [0, 0.05) is 12.0 Å². The number of hydrogen-bond acceptors (Lipinski definition) is 1. The fourth-order valence-electron chi connectivity index (χ4n) is 1.61. The summed E-state index contributed by atoms with van der Waals surface area (Å²) in [7, 11) is 0. The summed E-state index contributed by atoms with van der Waals surface area (Å²) >= 11 is 14.7. The number of benzene rings is 2. The van der Waals surface area contributed by atoms with Crippen molar-refractivity contribution in [2.24, 2.45) is 0 Å². The van der Waals surface area contributed by atoms with Crippen molar-refractivity contribution in [3.63, 3.8) is 0 Å². The average Bonchev–Trinajstić information content (AvgIpc) is 2.37. The van der Waals surface area contributed by atoms with E-state index in [1.165, 1.54) is 12.1 Å². The third kappa shape index (κ3) is 3.56. The Balaban J connectivity index is 2.20. The number of carbonyl (C=O) groups is 1. The molecule has 0 saturated carbocycles. The van der Waals surface area contributed by atoms with Gasteiger partial charge in [-0.1, -0.05) is 35.3 Å². The maximum absolute atomic E-state index is 13.4. The Hall–Kier alpha value is -0.900. The molecular weight excluding hydrogens is 354 g/mol. The number of rotatable bonds is 3. The van der Waals surface area contributed by atoms with Gasteiger partial charge < -0.3 is 0 Å². The smallest absolute Gasteiger partial charge is 0.167 e. The van der Waals surface area contributed by atoms with Crippen LogP contribution in [0.1, 0.15) is 15.9 Å². The van der Waals surface area contributed by atoms with Crippen LogP contribution in [0.2, 0.25) is 10.0 Å². The first-order chi connectivity index (χ1) is 8.97. The highest BCUT2D eigenvalue weighted by molar-refractivity contribution is 9.10. The Labute approximate surface area is 128 Å². The maximum Gasteiger partial charge on any atom is 0.167 e. The Bertz CT molecular complexity index is 643. The fraction of sp³-hybridized carbons (Fsp3) is 0.0714. The molecule has 1 nitrogen and oxygen atoms in total. The van der Waals surface area contributed by atoms with Crippen LogP contribution >= 0.6 is 39.1 Å². The number of hydrogen-bond donors (Lipinski definition) is 0. The highest BCUT2D eigenvalue weighted by Crippen LogP contribution is 2.24. The van der Waals surface area contributed by atoms with E-state index in [-0.39, 0.29) is 12.2 Å². The van der Waals surface area contributed by atoms with E-state index in [1.54, 1.807) is 24.3 Å². The van der Waals surface area contributed by atoms with Crippen LogP contribution in [0.4, 0.5) is 4.39 Å². The molecule has 0 saturated heterocycles. The summed E-state index contributed by atoms with van der Waals surface area (Å²) in [6.07, 6.45) is 0.151. The lowest BCUT2D eigenvalue weighted by Crippen LogP contribution is -2.04. The minimum Gasteiger partial charge on any atom is -0.294 e. The van der Waals surface area contributed by atoms with Gasteiger partial charge in [0.2, 0.25) is 0 Å². The Morgan fingerprint density at radius 3 is 2.47 bits per heavy atom. The van der Waals surface area contributed by atoms with Crippen molar-refractivity contribution in [1.82, 2.24) is 0 Å². The van der Waals surface area contributed by atoms with Crippen molar-refractivity contribution in [3.8, 4) is 0 Å². The fourth-order valence-corrected chi connectivity index (χ4v) is 2.17. The van der Waals surface area contributed by atoms with Crippen molar-refractivity contribution in [2.75, 3.05) is 0 Å². The van der Waals surface area contributed by atoms with E-state index in [0.29, 0.717) is 20.1 Å². The number of carbonyl (C=O) groups excluding carboxylic acids is 1. The molecule has 0 heterocycles. The Morgan fingerprint density at radius 1 is 1.11 bits per heavy atom. The van der Waals surface area contributed by atoms with Gasteiger partial charge >= 0.3 is 0 Å². The largest absolute Gasteiger partial charge is 0.294 e. The average molecular weight is 362 g/mol. The molecule has 0 fully saturated rings. The molecule has 2 rings (SSSR count). The third-order valence-electron chi connectivity index (χ3n) is 2.59. The van der Waals surface area contributed by atoms with Crippen LogP contribution in [0.15, 0.2) is 40.9 Å². The third-order valence-corrected chi connectivity index (χ3v) is 3.97. The van der Waals surface area contributed by atoms with Crippen LogP contribution in [0.25, 0.3) is 0 Å². The highest BCUT2D eigenvalue weighted by atomic mass is 79.9. The second-order valence-corrected chi connectivity index (χ2v) is 5.65. The van der Waals surface area contributed by atoms with Crippen molar-refractivity contribution >= 4 is 44.9 Å². The van der Waals surface area contributed by atoms with Gasteiger partial charge in [0.1, 0.15) is 5.82 Å². The number of halogens is 4. The van der Waals surface area contributed by atoms with Crippen molar-refractivity contribution in [3.05, 3.63) is 67.9 Å². The van der Waals surface area contributed by atoms with E-state index in [2.05, 4.69) is 15.9 Å². The second-order valence-electron chi connectivity index (χ2n) is 3.98. The molecule has 2 aromatic carbocycles. The molecule has 19 heavy (non-hydrogen) atoms. The second kappa shape index (κ2) is 6.04. The summed E-state index contributed by atoms with van der Waals surface area (Å²) in [5.74, 6) is -0.634. The SMILES string of the molecule is O=C(Cc1ccc(Cl)c(Cl)c1)c1ccc(Br)c(F)c1. The summed E-state index contributed by atoms with van der Waals surface area (Å²) in [6.45, 7) is 0. The van der Waals surface area contributed by atoms with Crippen LogP contribution in [0.5, 0.6) is 0 Å². The standard InChI is InChI=1S/C14H8BrCl2FO/c15-10-3-2-9(7-13(10)18)14(19)6-8-1-4-11(16)12(17)5-8/h1-5,7H,6H2. The van der Waals surface area contributed by atoms with Gasteiger partial charge in [-0.15, -0.1) is 0 Å². The van der Waals surface area contributed by atoms with E-state index in [0.717, 1.165) is 5.56 Å². The van der Waals surface area contributed by atoms with Crippen LogP contribution in [-0.4, -0.2) is 5.78 Å². The van der Waals surface area contributed by atoms with Gasteiger partial charge in [-0.05, 0) is 45.8 Å². The minimum absolute atomic E-state index is 0.151. The molecule has 2 aromatic rings. The van der Waals surface area contributed by atoms with E-state index in [4.69, 9.17) is 23.2 Å². The minimum atomic E-state index is -0.458.